The molecule has 1 aliphatic heterocycles. The summed E-state index contributed by atoms with van der Waals surface area (Å²) >= 11 is 5.44. The van der Waals surface area contributed by atoms with E-state index < -0.39 is 10.0 Å². The summed E-state index contributed by atoms with van der Waals surface area (Å²) in [6.07, 6.45) is -0.0762. The molecule has 2 unspecified atom stereocenters. The highest BCUT2D eigenvalue weighted by atomic mass is 35.5. The summed E-state index contributed by atoms with van der Waals surface area (Å²) in [5.41, 5.74) is 0. The molecule has 0 radical (unpaired) electrons. The molecule has 0 aromatic carbocycles. The molecule has 2 atom stereocenters. The second kappa shape index (κ2) is 4.79. The molecule has 0 aromatic rings. The van der Waals surface area contributed by atoms with Crippen molar-refractivity contribution >= 4 is 21.6 Å². The summed E-state index contributed by atoms with van der Waals surface area (Å²) < 4.78 is 30.2. The molecule has 14 heavy (non-hydrogen) atoms. The predicted molar refractivity (Wildman–Crippen MR) is 56.1 cm³/mol. The van der Waals surface area contributed by atoms with E-state index in [1.807, 2.05) is 13.8 Å². The summed E-state index contributed by atoms with van der Waals surface area (Å²) in [5.74, 6) is 0.149. The first-order valence-corrected chi connectivity index (χ1v) is 6.79. The van der Waals surface area contributed by atoms with Crippen LogP contribution in [0.5, 0.6) is 0 Å². The van der Waals surface area contributed by atoms with Crippen molar-refractivity contribution in [3.05, 3.63) is 0 Å². The van der Waals surface area contributed by atoms with Gasteiger partial charge in [-0.05, 0) is 13.8 Å². The Hall–Kier alpha value is 0.160. The minimum atomic E-state index is -3.18. The third-order valence-corrected chi connectivity index (χ3v) is 4.33. The van der Waals surface area contributed by atoms with Gasteiger partial charge in [-0.2, -0.15) is 4.31 Å². The second-order valence-corrected chi connectivity index (χ2v) is 6.05. The van der Waals surface area contributed by atoms with Gasteiger partial charge in [-0.15, -0.1) is 11.6 Å². The average Bonchev–Trinajstić information content (AvgIpc) is 2.02. The van der Waals surface area contributed by atoms with Crippen molar-refractivity contribution in [2.24, 2.45) is 0 Å². The molecule has 1 heterocycles. The molecule has 0 N–H and O–H groups in total. The molecule has 0 saturated carbocycles. The fourth-order valence-electron chi connectivity index (χ4n) is 1.58. The first kappa shape index (κ1) is 12.2. The van der Waals surface area contributed by atoms with E-state index in [2.05, 4.69) is 0 Å². The molecule has 84 valence electrons. The second-order valence-electron chi connectivity index (χ2n) is 3.58. The van der Waals surface area contributed by atoms with E-state index in [1.54, 1.807) is 0 Å². The van der Waals surface area contributed by atoms with Gasteiger partial charge in [0.2, 0.25) is 10.0 Å². The number of hydrogen-bond acceptors (Lipinski definition) is 3. The van der Waals surface area contributed by atoms with E-state index in [1.165, 1.54) is 4.31 Å². The molecule has 6 heteroatoms. The standard InChI is InChI=1S/C8H16ClNO3S/c1-7-5-10(6-8(2)13-7)14(11,12)4-3-9/h7-8H,3-6H2,1-2H3. The fourth-order valence-corrected chi connectivity index (χ4v) is 3.50. The van der Waals surface area contributed by atoms with Crippen LogP contribution >= 0.6 is 11.6 Å². The SMILES string of the molecule is CC1CN(S(=O)(=O)CCCl)CC(C)O1. The molecule has 0 amide bonds. The van der Waals surface area contributed by atoms with Crippen LogP contribution in [0, 0.1) is 0 Å². The maximum absolute atomic E-state index is 11.7. The summed E-state index contributed by atoms with van der Waals surface area (Å²) in [7, 11) is -3.18. The molecular formula is C8H16ClNO3S. The van der Waals surface area contributed by atoms with Crippen LogP contribution < -0.4 is 0 Å². The van der Waals surface area contributed by atoms with E-state index in [4.69, 9.17) is 16.3 Å². The molecular weight excluding hydrogens is 226 g/mol. The van der Waals surface area contributed by atoms with Crippen molar-refractivity contribution in [2.75, 3.05) is 24.7 Å². The van der Waals surface area contributed by atoms with Gasteiger partial charge >= 0.3 is 0 Å². The van der Waals surface area contributed by atoms with E-state index in [-0.39, 0.29) is 23.8 Å². The molecule has 0 spiro atoms. The summed E-state index contributed by atoms with van der Waals surface area (Å²) in [4.78, 5) is 0. The zero-order chi connectivity index (χ0) is 10.8. The maximum Gasteiger partial charge on any atom is 0.215 e. The van der Waals surface area contributed by atoms with Crippen molar-refractivity contribution in [3.63, 3.8) is 0 Å². The van der Waals surface area contributed by atoms with Gasteiger partial charge in [0.1, 0.15) is 0 Å². The molecule has 1 aliphatic rings. The van der Waals surface area contributed by atoms with Crippen LogP contribution in [0.15, 0.2) is 0 Å². The Kier molecular flexibility index (Phi) is 4.18. The smallest absolute Gasteiger partial charge is 0.215 e. The van der Waals surface area contributed by atoms with Crippen LogP contribution in [0.25, 0.3) is 0 Å². The summed E-state index contributed by atoms with van der Waals surface area (Å²) in [6.45, 7) is 4.62. The van der Waals surface area contributed by atoms with E-state index in [9.17, 15) is 8.42 Å². The molecule has 0 aliphatic carbocycles. The average molecular weight is 242 g/mol. The minimum Gasteiger partial charge on any atom is -0.373 e. The number of morpholine rings is 1. The fraction of sp³-hybridized carbons (Fsp3) is 1.00. The first-order chi connectivity index (χ1) is 6.45. The number of halogens is 1. The van der Waals surface area contributed by atoms with Crippen LogP contribution in [0.2, 0.25) is 0 Å². The molecule has 4 nitrogen and oxygen atoms in total. The van der Waals surface area contributed by atoms with Gasteiger partial charge in [-0.25, -0.2) is 8.42 Å². The lowest BCUT2D eigenvalue weighted by atomic mass is 10.3. The summed E-state index contributed by atoms with van der Waals surface area (Å²) in [5, 5.41) is 0. The molecule has 1 rings (SSSR count). The van der Waals surface area contributed by atoms with Crippen LogP contribution in [-0.2, 0) is 14.8 Å². The number of nitrogens with zero attached hydrogens (tertiary/aromatic N) is 1. The lowest BCUT2D eigenvalue weighted by Crippen LogP contribution is -2.48. The van der Waals surface area contributed by atoms with Gasteiger partial charge in [-0.1, -0.05) is 0 Å². The van der Waals surface area contributed by atoms with E-state index in [0.717, 1.165) is 0 Å². The van der Waals surface area contributed by atoms with Gasteiger partial charge < -0.3 is 4.74 Å². The minimum absolute atomic E-state index is 0.00793. The van der Waals surface area contributed by atoms with Crippen LogP contribution in [-0.4, -0.2) is 49.7 Å². The Morgan fingerprint density at radius 2 is 1.86 bits per heavy atom. The van der Waals surface area contributed by atoms with Gasteiger partial charge in [0.25, 0.3) is 0 Å². The van der Waals surface area contributed by atoms with Crippen molar-refractivity contribution in [1.82, 2.24) is 4.31 Å². The zero-order valence-corrected chi connectivity index (χ0v) is 10.0. The van der Waals surface area contributed by atoms with Crippen molar-refractivity contribution in [1.29, 1.82) is 0 Å². The Labute approximate surface area is 90.2 Å². The monoisotopic (exact) mass is 241 g/mol. The highest BCUT2D eigenvalue weighted by Gasteiger charge is 2.30. The first-order valence-electron chi connectivity index (χ1n) is 4.65. The topological polar surface area (TPSA) is 46.6 Å². The zero-order valence-electron chi connectivity index (χ0n) is 8.44. The number of hydrogen-bond donors (Lipinski definition) is 0. The lowest BCUT2D eigenvalue weighted by molar-refractivity contribution is -0.0440. The molecule has 0 bridgehead atoms. The third-order valence-electron chi connectivity index (χ3n) is 2.11. The van der Waals surface area contributed by atoms with E-state index in [0.29, 0.717) is 13.1 Å². The van der Waals surface area contributed by atoms with Gasteiger partial charge in [0, 0.05) is 19.0 Å². The highest BCUT2D eigenvalue weighted by Crippen LogP contribution is 2.14. The Balaban J connectivity index is 2.68. The van der Waals surface area contributed by atoms with Gasteiger partial charge in [0.05, 0.1) is 18.0 Å². The Bertz CT molecular complexity index is 270. The molecule has 0 aromatic heterocycles. The number of alkyl halides is 1. The van der Waals surface area contributed by atoms with Crippen molar-refractivity contribution in [2.45, 2.75) is 26.1 Å². The normalized spacial score (nSPS) is 30.5. The van der Waals surface area contributed by atoms with Crippen molar-refractivity contribution in [3.8, 4) is 0 Å². The van der Waals surface area contributed by atoms with Gasteiger partial charge in [-0.3, -0.25) is 0 Å². The van der Waals surface area contributed by atoms with Crippen molar-refractivity contribution < 1.29 is 13.2 Å². The Morgan fingerprint density at radius 3 is 2.29 bits per heavy atom. The van der Waals surface area contributed by atoms with Crippen LogP contribution in [0.4, 0.5) is 0 Å². The summed E-state index contributed by atoms with van der Waals surface area (Å²) in [6, 6.07) is 0. The predicted octanol–water partition coefficient (Wildman–Crippen LogP) is 0.664. The van der Waals surface area contributed by atoms with E-state index >= 15 is 0 Å². The molecule has 1 saturated heterocycles. The van der Waals surface area contributed by atoms with Crippen LogP contribution in [0.1, 0.15) is 13.8 Å². The lowest BCUT2D eigenvalue weighted by Gasteiger charge is -2.34. The number of sulfonamides is 1. The molecule has 1 fully saturated rings. The van der Waals surface area contributed by atoms with Crippen LogP contribution in [0.3, 0.4) is 0 Å². The number of ether oxygens (including phenoxy) is 1. The third kappa shape index (κ3) is 3.08. The highest BCUT2D eigenvalue weighted by molar-refractivity contribution is 7.89. The number of rotatable bonds is 3. The quantitative estimate of drug-likeness (QED) is 0.683. The largest absolute Gasteiger partial charge is 0.373 e. The van der Waals surface area contributed by atoms with Gasteiger partial charge in [0.15, 0.2) is 0 Å². The maximum atomic E-state index is 11.7. The Morgan fingerprint density at radius 1 is 1.36 bits per heavy atom.